The van der Waals surface area contributed by atoms with Gasteiger partial charge in [-0.1, -0.05) is 18.2 Å². The van der Waals surface area contributed by atoms with Crippen molar-refractivity contribution in [1.29, 1.82) is 0 Å². The van der Waals surface area contributed by atoms with Crippen LogP contribution in [-0.2, 0) is 9.59 Å². The van der Waals surface area contributed by atoms with Crippen LogP contribution in [0.4, 0.5) is 0 Å². The van der Waals surface area contributed by atoms with Gasteiger partial charge in [-0.15, -0.1) is 0 Å². The van der Waals surface area contributed by atoms with Gasteiger partial charge in [-0.05, 0) is 25.0 Å². The van der Waals surface area contributed by atoms with Gasteiger partial charge in [-0.3, -0.25) is 19.7 Å². The van der Waals surface area contributed by atoms with Crippen LogP contribution in [0.3, 0.4) is 0 Å². The summed E-state index contributed by atoms with van der Waals surface area (Å²) in [6, 6.07) is 7.40. The zero-order chi connectivity index (χ0) is 16.8. The molecule has 1 aromatic carbocycles. The standard InChI is InChI=1S/C17H14N2O5/c20-14-8-12(15(21)18-14)19(10-5-6-10)16(22)11-7-9-3-1-2-4-13(9)24-17(11)23/h1-4,7,10,12H,5-6,8H2,(H,18,20,21)/t12-/m0/s1. The lowest BCUT2D eigenvalue weighted by Crippen LogP contribution is -2.47. The van der Waals surface area contributed by atoms with Crippen molar-refractivity contribution in [2.75, 3.05) is 0 Å². The fourth-order valence-corrected chi connectivity index (χ4v) is 3.03. The Balaban J connectivity index is 1.76. The summed E-state index contributed by atoms with van der Waals surface area (Å²) in [5, 5.41) is 2.84. The molecule has 4 rings (SSSR count). The van der Waals surface area contributed by atoms with Crippen LogP contribution in [0.2, 0.25) is 0 Å². The Morgan fingerprint density at radius 3 is 2.58 bits per heavy atom. The van der Waals surface area contributed by atoms with Crippen molar-refractivity contribution in [3.8, 4) is 0 Å². The van der Waals surface area contributed by atoms with Gasteiger partial charge in [0.25, 0.3) is 5.91 Å². The number of hydrogen-bond acceptors (Lipinski definition) is 5. The van der Waals surface area contributed by atoms with E-state index >= 15 is 0 Å². The van der Waals surface area contributed by atoms with Crippen LogP contribution in [-0.4, -0.2) is 34.7 Å². The molecule has 1 aliphatic carbocycles. The van der Waals surface area contributed by atoms with Crippen molar-refractivity contribution in [3.05, 3.63) is 46.3 Å². The molecule has 1 aliphatic heterocycles. The Labute approximate surface area is 136 Å². The number of nitrogens with one attached hydrogen (secondary N) is 1. The summed E-state index contributed by atoms with van der Waals surface area (Å²) in [4.78, 5) is 49.9. The largest absolute Gasteiger partial charge is 0.422 e. The first kappa shape index (κ1) is 14.6. The molecule has 2 fully saturated rings. The third-order valence-electron chi connectivity index (χ3n) is 4.33. The first-order chi connectivity index (χ1) is 11.5. The number of amides is 3. The summed E-state index contributed by atoms with van der Waals surface area (Å²) in [5.74, 6) is -1.47. The van der Waals surface area contributed by atoms with E-state index < -0.39 is 29.4 Å². The Kier molecular flexibility index (Phi) is 3.23. The molecule has 2 heterocycles. The molecular weight excluding hydrogens is 312 g/mol. The van der Waals surface area contributed by atoms with E-state index in [4.69, 9.17) is 4.42 Å². The van der Waals surface area contributed by atoms with E-state index in [-0.39, 0.29) is 18.0 Å². The lowest BCUT2D eigenvalue weighted by atomic mass is 10.1. The molecular formula is C17H14N2O5. The number of rotatable bonds is 3. The summed E-state index contributed by atoms with van der Waals surface area (Å²) < 4.78 is 5.20. The van der Waals surface area contributed by atoms with Crippen LogP contribution in [0.5, 0.6) is 0 Å². The Morgan fingerprint density at radius 2 is 1.92 bits per heavy atom. The molecule has 2 aliphatic rings. The van der Waals surface area contributed by atoms with Crippen molar-refractivity contribution in [2.24, 2.45) is 0 Å². The number of imide groups is 1. The normalized spacial score (nSPS) is 20.2. The number of carbonyl (C=O) groups excluding carboxylic acids is 3. The highest BCUT2D eigenvalue weighted by atomic mass is 16.4. The van der Waals surface area contributed by atoms with E-state index in [0.717, 1.165) is 12.8 Å². The van der Waals surface area contributed by atoms with Gasteiger partial charge in [0.2, 0.25) is 11.8 Å². The topological polar surface area (TPSA) is 96.7 Å². The van der Waals surface area contributed by atoms with Gasteiger partial charge < -0.3 is 9.32 Å². The number of hydrogen-bond donors (Lipinski definition) is 1. The average Bonchev–Trinajstić information content (AvgIpc) is 3.32. The molecule has 7 heteroatoms. The van der Waals surface area contributed by atoms with Gasteiger partial charge in [0.1, 0.15) is 17.2 Å². The fourth-order valence-electron chi connectivity index (χ4n) is 3.03. The second-order valence-corrected chi connectivity index (χ2v) is 6.06. The quantitative estimate of drug-likeness (QED) is 0.665. The highest BCUT2D eigenvalue weighted by Gasteiger charge is 2.45. The maximum atomic E-state index is 12.9. The van der Waals surface area contributed by atoms with E-state index in [1.807, 2.05) is 0 Å². The van der Waals surface area contributed by atoms with Crippen molar-refractivity contribution >= 4 is 28.7 Å². The lowest BCUT2D eigenvalue weighted by molar-refractivity contribution is -0.126. The zero-order valence-electron chi connectivity index (χ0n) is 12.7. The van der Waals surface area contributed by atoms with E-state index in [1.54, 1.807) is 24.3 Å². The summed E-state index contributed by atoms with van der Waals surface area (Å²) in [7, 11) is 0. The predicted octanol–water partition coefficient (Wildman–Crippen LogP) is 0.813. The second-order valence-electron chi connectivity index (χ2n) is 6.06. The molecule has 1 saturated carbocycles. The summed E-state index contributed by atoms with van der Waals surface area (Å²) in [6.45, 7) is 0. The molecule has 3 amide bonds. The molecule has 24 heavy (non-hydrogen) atoms. The maximum absolute atomic E-state index is 12.9. The maximum Gasteiger partial charge on any atom is 0.349 e. The molecule has 1 atom stereocenters. The minimum absolute atomic E-state index is 0.0695. The van der Waals surface area contributed by atoms with Gasteiger partial charge in [0.05, 0.1) is 6.42 Å². The lowest BCUT2D eigenvalue weighted by Gasteiger charge is -2.26. The van der Waals surface area contributed by atoms with Crippen molar-refractivity contribution in [1.82, 2.24) is 10.2 Å². The predicted molar refractivity (Wildman–Crippen MR) is 83.2 cm³/mol. The Bertz CT molecular complexity index is 928. The Morgan fingerprint density at radius 1 is 1.17 bits per heavy atom. The highest BCUT2D eigenvalue weighted by Crippen LogP contribution is 2.32. The molecule has 1 aromatic heterocycles. The van der Waals surface area contributed by atoms with E-state index in [9.17, 15) is 19.2 Å². The number of fused-ring (bicyclic) bond motifs is 1. The van der Waals surface area contributed by atoms with Gasteiger partial charge in [-0.25, -0.2) is 4.79 Å². The average molecular weight is 326 g/mol. The monoisotopic (exact) mass is 326 g/mol. The summed E-state index contributed by atoms with van der Waals surface area (Å²) >= 11 is 0. The number of nitrogens with zero attached hydrogens (tertiary/aromatic N) is 1. The second kappa shape index (κ2) is 5.30. The minimum Gasteiger partial charge on any atom is -0.422 e. The van der Waals surface area contributed by atoms with Crippen LogP contribution in [0.15, 0.2) is 39.5 Å². The number of carbonyl (C=O) groups is 3. The van der Waals surface area contributed by atoms with E-state index in [0.29, 0.717) is 11.0 Å². The van der Waals surface area contributed by atoms with Crippen LogP contribution in [0.25, 0.3) is 11.0 Å². The SMILES string of the molecule is O=C1C[C@H](N(C(=O)c2cc3ccccc3oc2=O)C2CC2)C(=O)N1. The summed E-state index contributed by atoms with van der Waals surface area (Å²) in [6.07, 6.45) is 1.44. The van der Waals surface area contributed by atoms with E-state index in [2.05, 4.69) is 5.32 Å². The molecule has 0 spiro atoms. The zero-order valence-corrected chi connectivity index (χ0v) is 12.7. The fraction of sp³-hybridized carbons (Fsp3) is 0.294. The molecule has 2 aromatic rings. The van der Waals surface area contributed by atoms with Crippen LogP contribution >= 0.6 is 0 Å². The first-order valence-corrected chi connectivity index (χ1v) is 7.74. The molecule has 122 valence electrons. The van der Waals surface area contributed by atoms with Gasteiger partial charge in [-0.2, -0.15) is 0 Å². The molecule has 7 nitrogen and oxygen atoms in total. The minimum atomic E-state index is -0.858. The number of para-hydroxylation sites is 1. The molecule has 0 unspecified atom stereocenters. The smallest absolute Gasteiger partial charge is 0.349 e. The van der Waals surface area contributed by atoms with E-state index in [1.165, 1.54) is 11.0 Å². The van der Waals surface area contributed by atoms with Crippen molar-refractivity contribution in [2.45, 2.75) is 31.3 Å². The molecule has 1 saturated heterocycles. The number of benzene rings is 1. The third kappa shape index (κ3) is 2.38. The third-order valence-corrected chi connectivity index (χ3v) is 4.33. The molecule has 0 bridgehead atoms. The Hall–Kier alpha value is -2.96. The molecule has 1 N–H and O–H groups in total. The van der Waals surface area contributed by atoms with Crippen molar-refractivity contribution < 1.29 is 18.8 Å². The van der Waals surface area contributed by atoms with Crippen molar-refractivity contribution in [3.63, 3.8) is 0 Å². The molecule has 0 radical (unpaired) electrons. The van der Waals surface area contributed by atoms with Crippen LogP contribution in [0.1, 0.15) is 29.6 Å². The van der Waals surface area contributed by atoms with Gasteiger partial charge >= 0.3 is 5.63 Å². The van der Waals surface area contributed by atoms with Crippen LogP contribution in [0, 0.1) is 0 Å². The highest BCUT2D eigenvalue weighted by molar-refractivity contribution is 6.08. The first-order valence-electron chi connectivity index (χ1n) is 7.74. The van der Waals surface area contributed by atoms with Gasteiger partial charge in [0.15, 0.2) is 0 Å². The van der Waals surface area contributed by atoms with Crippen LogP contribution < -0.4 is 10.9 Å². The van der Waals surface area contributed by atoms with Gasteiger partial charge in [0, 0.05) is 11.4 Å². The summed E-state index contributed by atoms with van der Waals surface area (Å²) in [5.41, 5.74) is -0.465.